The van der Waals surface area contributed by atoms with E-state index in [4.69, 9.17) is 4.74 Å². The molecule has 0 aliphatic heterocycles. The fraction of sp³-hybridized carbons (Fsp3) is 0.700. The predicted octanol–water partition coefficient (Wildman–Crippen LogP) is 1.56. The molecule has 2 heteroatoms. The van der Waals surface area contributed by atoms with Gasteiger partial charge in [-0.25, -0.2) is 0 Å². The average Bonchev–Trinajstić information content (AvgIpc) is 2.04. The molecule has 2 rings (SSSR count). The summed E-state index contributed by atoms with van der Waals surface area (Å²) < 4.78 is 5.26. The maximum absolute atomic E-state index is 11.4. The van der Waals surface area contributed by atoms with Crippen LogP contribution in [0, 0.1) is 11.8 Å². The summed E-state index contributed by atoms with van der Waals surface area (Å²) in [5.41, 5.74) is 1.01. The minimum atomic E-state index is 0.142. The van der Waals surface area contributed by atoms with Crippen LogP contribution in [0.15, 0.2) is 12.2 Å². The van der Waals surface area contributed by atoms with Gasteiger partial charge in [-0.2, -0.15) is 0 Å². The topological polar surface area (TPSA) is 26.3 Å². The number of ether oxygens (including phenoxy) is 1. The number of Topliss-reactive ketones (excluding diaryl/α,β-unsaturated/α-hetero) is 1. The second-order valence-corrected chi connectivity index (χ2v) is 3.73. The second kappa shape index (κ2) is 2.70. The highest BCUT2D eigenvalue weighted by atomic mass is 16.5. The zero-order chi connectivity index (χ0) is 8.72. The third kappa shape index (κ3) is 0.876. The van der Waals surface area contributed by atoms with Crippen molar-refractivity contribution in [2.75, 3.05) is 7.11 Å². The molecule has 0 radical (unpaired) electrons. The Bertz CT molecular complexity index is 232. The van der Waals surface area contributed by atoms with Gasteiger partial charge in [-0.1, -0.05) is 6.58 Å². The molecule has 0 aromatic rings. The van der Waals surface area contributed by atoms with Gasteiger partial charge < -0.3 is 4.74 Å². The lowest BCUT2D eigenvalue weighted by Gasteiger charge is -2.47. The van der Waals surface area contributed by atoms with Gasteiger partial charge in [-0.3, -0.25) is 4.79 Å². The number of hydrogen-bond acceptors (Lipinski definition) is 2. The van der Waals surface area contributed by atoms with Crippen molar-refractivity contribution in [3.05, 3.63) is 12.2 Å². The molecule has 0 unspecified atom stereocenters. The van der Waals surface area contributed by atoms with Gasteiger partial charge in [-0.05, 0) is 18.4 Å². The first kappa shape index (κ1) is 7.99. The molecule has 0 saturated heterocycles. The molecular weight excluding hydrogens is 152 g/mol. The van der Waals surface area contributed by atoms with Gasteiger partial charge in [0, 0.05) is 25.4 Å². The summed E-state index contributed by atoms with van der Waals surface area (Å²) >= 11 is 0. The molecule has 2 nitrogen and oxygen atoms in total. The highest BCUT2D eigenvalue weighted by molar-refractivity contribution is 5.86. The van der Waals surface area contributed by atoms with Crippen molar-refractivity contribution < 1.29 is 9.53 Å². The summed E-state index contributed by atoms with van der Waals surface area (Å²) in [7, 11) is 1.70. The number of carbonyl (C=O) groups is 1. The summed E-state index contributed by atoms with van der Waals surface area (Å²) in [5.74, 6) is 0.969. The Morgan fingerprint density at radius 2 is 2.33 bits per heavy atom. The fourth-order valence-electron chi connectivity index (χ4n) is 2.54. The molecule has 0 amide bonds. The first-order valence-corrected chi connectivity index (χ1v) is 4.50. The smallest absolute Gasteiger partial charge is 0.140 e. The fourth-order valence-corrected chi connectivity index (χ4v) is 2.54. The number of fused-ring (bicyclic) bond motifs is 1. The van der Waals surface area contributed by atoms with E-state index < -0.39 is 0 Å². The number of methoxy groups -OCH3 is 1. The third-order valence-corrected chi connectivity index (χ3v) is 3.14. The van der Waals surface area contributed by atoms with Crippen molar-refractivity contribution in [2.45, 2.75) is 25.4 Å². The van der Waals surface area contributed by atoms with E-state index in [0.717, 1.165) is 24.8 Å². The molecular formula is C10H14O2. The van der Waals surface area contributed by atoms with E-state index in [9.17, 15) is 4.79 Å². The summed E-state index contributed by atoms with van der Waals surface area (Å²) in [6, 6.07) is 0. The molecule has 0 aromatic heterocycles. The van der Waals surface area contributed by atoms with Crippen LogP contribution < -0.4 is 0 Å². The van der Waals surface area contributed by atoms with E-state index >= 15 is 0 Å². The summed E-state index contributed by atoms with van der Waals surface area (Å²) in [4.78, 5) is 11.4. The van der Waals surface area contributed by atoms with Crippen molar-refractivity contribution in [2.24, 2.45) is 11.8 Å². The van der Waals surface area contributed by atoms with Crippen LogP contribution in [0.1, 0.15) is 19.3 Å². The lowest BCUT2D eigenvalue weighted by atomic mass is 9.60. The first-order valence-electron chi connectivity index (χ1n) is 4.50. The van der Waals surface area contributed by atoms with Gasteiger partial charge in [-0.15, -0.1) is 0 Å². The highest BCUT2D eigenvalue weighted by Gasteiger charge is 2.49. The Balaban J connectivity index is 2.13. The summed E-state index contributed by atoms with van der Waals surface area (Å²) in [6.45, 7) is 3.90. The quantitative estimate of drug-likeness (QED) is 0.552. The van der Waals surface area contributed by atoms with E-state index in [-0.39, 0.29) is 12.0 Å². The normalized spacial score (nSPS) is 40.6. The van der Waals surface area contributed by atoms with Crippen LogP contribution in [0.3, 0.4) is 0 Å². The molecule has 2 aliphatic rings. The summed E-state index contributed by atoms with van der Waals surface area (Å²) in [6.07, 6.45) is 3.08. The van der Waals surface area contributed by atoms with Gasteiger partial charge in [0.25, 0.3) is 0 Å². The number of rotatable bonds is 1. The van der Waals surface area contributed by atoms with E-state index in [1.54, 1.807) is 7.11 Å². The largest absolute Gasteiger partial charge is 0.377 e. The molecule has 66 valence electrons. The number of ketones is 1. The van der Waals surface area contributed by atoms with Gasteiger partial charge in [0.1, 0.15) is 5.78 Å². The lowest BCUT2D eigenvalue weighted by molar-refractivity contribution is -0.133. The van der Waals surface area contributed by atoms with E-state index in [0.29, 0.717) is 11.7 Å². The van der Waals surface area contributed by atoms with Crippen molar-refractivity contribution in [1.29, 1.82) is 0 Å². The zero-order valence-corrected chi connectivity index (χ0v) is 7.38. The number of hydrogen-bond donors (Lipinski definition) is 0. The summed E-state index contributed by atoms with van der Waals surface area (Å²) in [5, 5.41) is 0. The van der Waals surface area contributed by atoms with Crippen molar-refractivity contribution >= 4 is 5.78 Å². The maximum atomic E-state index is 11.4. The van der Waals surface area contributed by atoms with E-state index in [2.05, 4.69) is 6.58 Å². The molecule has 0 aromatic carbocycles. The monoisotopic (exact) mass is 166 g/mol. The lowest BCUT2D eigenvalue weighted by Crippen LogP contribution is -2.50. The van der Waals surface area contributed by atoms with E-state index in [1.807, 2.05) is 0 Å². The molecule has 2 aliphatic carbocycles. The Labute approximate surface area is 72.6 Å². The minimum absolute atomic E-state index is 0.142. The molecule has 12 heavy (non-hydrogen) atoms. The molecule has 0 spiro atoms. The van der Waals surface area contributed by atoms with E-state index in [1.165, 1.54) is 0 Å². The van der Waals surface area contributed by atoms with Crippen molar-refractivity contribution in [1.82, 2.24) is 0 Å². The van der Waals surface area contributed by atoms with Crippen molar-refractivity contribution in [3.63, 3.8) is 0 Å². The molecule has 3 atom stereocenters. The van der Waals surface area contributed by atoms with Crippen LogP contribution in [-0.2, 0) is 9.53 Å². The van der Waals surface area contributed by atoms with Gasteiger partial charge in [0.05, 0.1) is 6.10 Å². The van der Waals surface area contributed by atoms with Gasteiger partial charge in [0.15, 0.2) is 0 Å². The van der Waals surface area contributed by atoms with Crippen LogP contribution >= 0.6 is 0 Å². The molecule has 0 bridgehead atoms. The van der Waals surface area contributed by atoms with Crippen LogP contribution in [0.25, 0.3) is 0 Å². The predicted molar refractivity (Wildman–Crippen MR) is 45.8 cm³/mol. The Morgan fingerprint density at radius 1 is 1.58 bits per heavy atom. The maximum Gasteiger partial charge on any atom is 0.140 e. The Hall–Kier alpha value is -0.630. The van der Waals surface area contributed by atoms with Crippen LogP contribution in [0.2, 0.25) is 0 Å². The molecule has 2 saturated carbocycles. The SMILES string of the molecule is C=C1[C@H]2C(=O)CCC[C@H]2[C@H]1OC. The zero-order valence-electron chi connectivity index (χ0n) is 7.38. The Kier molecular flexibility index (Phi) is 1.80. The minimum Gasteiger partial charge on any atom is -0.377 e. The molecule has 0 N–H and O–H groups in total. The second-order valence-electron chi connectivity index (χ2n) is 3.73. The van der Waals surface area contributed by atoms with Gasteiger partial charge in [0.2, 0.25) is 0 Å². The molecule has 0 heterocycles. The number of carbonyl (C=O) groups excluding carboxylic acids is 1. The van der Waals surface area contributed by atoms with Crippen LogP contribution in [-0.4, -0.2) is 19.0 Å². The van der Waals surface area contributed by atoms with Gasteiger partial charge >= 0.3 is 0 Å². The third-order valence-electron chi connectivity index (χ3n) is 3.14. The average molecular weight is 166 g/mol. The standard InChI is InChI=1S/C10H14O2/c1-6-9-7(10(6)12-2)4-3-5-8(9)11/h7,9-10H,1,3-5H2,2H3/t7-,9-,10+/m1/s1. The van der Waals surface area contributed by atoms with Crippen LogP contribution in [0.5, 0.6) is 0 Å². The first-order chi connectivity index (χ1) is 5.75. The van der Waals surface area contributed by atoms with Crippen LogP contribution in [0.4, 0.5) is 0 Å². The Morgan fingerprint density at radius 3 is 3.00 bits per heavy atom. The highest BCUT2D eigenvalue weighted by Crippen LogP contribution is 2.47. The van der Waals surface area contributed by atoms with Crippen molar-refractivity contribution in [3.8, 4) is 0 Å². The molecule has 2 fully saturated rings.